The third kappa shape index (κ3) is 5.25. The molecule has 0 aliphatic rings. The predicted molar refractivity (Wildman–Crippen MR) is 115 cm³/mol. The lowest BCUT2D eigenvalue weighted by Gasteiger charge is -2.10. The van der Waals surface area contributed by atoms with Gasteiger partial charge in [0.05, 0.1) is 37.1 Å². The van der Waals surface area contributed by atoms with Crippen LogP contribution in [0.1, 0.15) is 27.1 Å². The Bertz CT molecular complexity index is 1250. The van der Waals surface area contributed by atoms with Gasteiger partial charge in [-0.25, -0.2) is 22.7 Å². The first-order valence-electron chi connectivity index (χ1n) is 9.07. The molecule has 0 saturated carbocycles. The number of amides is 1. The quantitative estimate of drug-likeness (QED) is 0.459. The number of nitrogens with one attached hydrogen (secondary N) is 2. The van der Waals surface area contributed by atoms with E-state index in [1.54, 1.807) is 12.1 Å². The van der Waals surface area contributed by atoms with Crippen LogP contribution < -0.4 is 10.0 Å². The number of nitrogens with zero attached hydrogens (tertiary/aromatic N) is 2. The average molecular weight is 479 g/mol. The van der Waals surface area contributed by atoms with Gasteiger partial charge in [-0.15, -0.1) is 0 Å². The largest absolute Gasteiger partial charge is 0.465 e. The second-order valence-corrected chi connectivity index (χ2v) is 8.63. The number of benzene rings is 2. The molecule has 0 unspecified atom stereocenters. The number of aromatic nitrogens is 2. The Morgan fingerprint density at radius 1 is 1.00 bits per heavy atom. The maximum absolute atomic E-state index is 12.6. The predicted octanol–water partition coefficient (Wildman–Crippen LogP) is 1.57. The third-order valence-corrected chi connectivity index (χ3v) is 6.28. The highest BCUT2D eigenvalue weighted by molar-refractivity contribution is 7.89. The van der Waals surface area contributed by atoms with E-state index in [1.165, 1.54) is 38.5 Å². The van der Waals surface area contributed by atoms with Crippen molar-refractivity contribution in [1.82, 2.24) is 13.5 Å². The van der Waals surface area contributed by atoms with Crippen LogP contribution in [0.15, 0.2) is 41.3 Å². The summed E-state index contributed by atoms with van der Waals surface area (Å²) in [6.07, 6.45) is -0.208. The fraction of sp³-hybridized carbons (Fsp3) is 0.211. The van der Waals surface area contributed by atoms with E-state index in [0.717, 1.165) is 11.7 Å². The van der Waals surface area contributed by atoms with E-state index >= 15 is 0 Å². The summed E-state index contributed by atoms with van der Waals surface area (Å²) in [6.45, 7) is -0.192. The van der Waals surface area contributed by atoms with Gasteiger partial charge >= 0.3 is 11.9 Å². The molecule has 168 valence electrons. The third-order valence-electron chi connectivity index (χ3n) is 4.24. The molecule has 11 nitrogen and oxygen atoms in total. The van der Waals surface area contributed by atoms with Crippen molar-refractivity contribution < 1.29 is 32.3 Å². The van der Waals surface area contributed by atoms with Crippen molar-refractivity contribution in [3.8, 4) is 0 Å². The van der Waals surface area contributed by atoms with Gasteiger partial charge in [0.15, 0.2) is 0 Å². The molecule has 0 aliphatic heterocycles. The molecule has 2 N–H and O–H groups in total. The smallest absolute Gasteiger partial charge is 0.337 e. The van der Waals surface area contributed by atoms with Crippen LogP contribution in [-0.4, -0.2) is 55.8 Å². The summed E-state index contributed by atoms with van der Waals surface area (Å²) in [4.78, 5) is 35.9. The molecule has 0 atom stereocenters. The normalized spacial score (nSPS) is 11.2. The first kappa shape index (κ1) is 23.2. The van der Waals surface area contributed by atoms with E-state index in [4.69, 9.17) is 0 Å². The molecule has 0 fully saturated rings. The van der Waals surface area contributed by atoms with Gasteiger partial charge in [0.1, 0.15) is 15.9 Å². The van der Waals surface area contributed by atoms with Crippen molar-refractivity contribution >= 4 is 56.3 Å². The molecule has 13 heteroatoms. The number of sulfonamides is 1. The maximum Gasteiger partial charge on any atom is 0.337 e. The van der Waals surface area contributed by atoms with Crippen LogP contribution in [0.2, 0.25) is 0 Å². The van der Waals surface area contributed by atoms with Crippen LogP contribution >= 0.6 is 11.7 Å². The Balaban J connectivity index is 1.67. The standard InChI is InChI=1S/C19H18N4O7S2/c1-29-18(25)11-8-12(19(26)30-2)10-13(9-11)21-16(24)6-7-20-32(27,28)15-5-3-4-14-17(15)23-31-22-14/h3-5,8-10,20H,6-7H2,1-2H3,(H,21,24). The molecule has 0 radical (unpaired) electrons. The number of hydrogen-bond donors (Lipinski definition) is 2. The summed E-state index contributed by atoms with van der Waals surface area (Å²) in [5.74, 6) is -1.95. The van der Waals surface area contributed by atoms with Crippen LogP contribution in [0.25, 0.3) is 11.0 Å². The summed E-state index contributed by atoms with van der Waals surface area (Å²) < 4.78 is 44.8. The summed E-state index contributed by atoms with van der Waals surface area (Å²) in [6, 6.07) is 8.54. The molecule has 1 heterocycles. The summed E-state index contributed by atoms with van der Waals surface area (Å²) in [5, 5.41) is 2.52. The van der Waals surface area contributed by atoms with Crippen molar-refractivity contribution in [2.24, 2.45) is 0 Å². The van der Waals surface area contributed by atoms with E-state index < -0.39 is 27.9 Å². The Morgan fingerprint density at radius 3 is 2.28 bits per heavy atom. The highest BCUT2D eigenvalue weighted by Gasteiger charge is 2.20. The van der Waals surface area contributed by atoms with Gasteiger partial charge in [0, 0.05) is 18.7 Å². The van der Waals surface area contributed by atoms with E-state index in [9.17, 15) is 22.8 Å². The van der Waals surface area contributed by atoms with Crippen LogP contribution in [0.3, 0.4) is 0 Å². The number of fused-ring (bicyclic) bond motifs is 1. The van der Waals surface area contributed by atoms with Gasteiger partial charge in [-0.2, -0.15) is 8.75 Å². The van der Waals surface area contributed by atoms with Gasteiger partial charge in [-0.1, -0.05) is 6.07 Å². The molecule has 0 spiro atoms. The number of ether oxygens (including phenoxy) is 2. The van der Waals surface area contributed by atoms with Crippen molar-refractivity contribution in [2.75, 3.05) is 26.1 Å². The summed E-state index contributed by atoms with van der Waals surface area (Å²) in [7, 11) is -1.56. The fourth-order valence-corrected chi connectivity index (χ4v) is 4.57. The van der Waals surface area contributed by atoms with E-state index in [1.807, 2.05) is 0 Å². The SMILES string of the molecule is COC(=O)c1cc(NC(=O)CCNS(=O)(=O)c2cccc3nsnc23)cc(C(=O)OC)c1. The zero-order valence-corrected chi connectivity index (χ0v) is 18.6. The number of carbonyl (C=O) groups is 3. The lowest BCUT2D eigenvalue weighted by molar-refractivity contribution is -0.116. The topological polar surface area (TPSA) is 154 Å². The minimum atomic E-state index is -3.92. The average Bonchev–Trinajstić information content (AvgIpc) is 3.26. The van der Waals surface area contributed by atoms with Crippen molar-refractivity contribution in [1.29, 1.82) is 0 Å². The monoisotopic (exact) mass is 478 g/mol. The van der Waals surface area contributed by atoms with Crippen LogP contribution in [0.5, 0.6) is 0 Å². The molecule has 1 aromatic heterocycles. The van der Waals surface area contributed by atoms with Gasteiger partial charge < -0.3 is 14.8 Å². The van der Waals surface area contributed by atoms with Gasteiger partial charge in [-0.3, -0.25) is 4.79 Å². The first-order chi connectivity index (χ1) is 15.2. The Kier molecular flexibility index (Phi) is 7.12. The second kappa shape index (κ2) is 9.80. The molecule has 3 aromatic rings. The first-order valence-corrected chi connectivity index (χ1v) is 11.3. The summed E-state index contributed by atoms with van der Waals surface area (Å²) >= 11 is 0.900. The highest BCUT2D eigenvalue weighted by atomic mass is 32.2. The summed E-state index contributed by atoms with van der Waals surface area (Å²) in [5.41, 5.74) is 0.944. The van der Waals surface area contributed by atoms with Gasteiger partial charge in [0.2, 0.25) is 15.9 Å². The lowest BCUT2D eigenvalue weighted by atomic mass is 10.1. The van der Waals surface area contributed by atoms with E-state index in [0.29, 0.717) is 5.52 Å². The highest BCUT2D eigenvalue weighted by Crippen LogP contribution is 2.21. The molecule has 1 amide bonds. The van der Waals surface area contributed by atoms with Crippen LogP contribution in [-0.2, 0) is 24.3 Å². The molecular formula is C19H18N4O7S2. The van der Waals surface area contributed by atoms with Gasteiger partial charge in [-0.05, 0) is 30.3 Å². The number of esters is 2. The molecular weight excluding hydrogens is 460 g/mol. The fourth-order valence-electron chi connectivity index (χ4n) is 2.77. The van der Waals surface area contributed by atoms with Crippen molar-refractivity contribution in [3.05, 3.63) is 47.5 Å². The van der Waals surface area contributed by atoms with Gasteiger partial charge in [0.25, 0.3) is 0 Å². The van der Waals surface area contributed by atoms with E-state index in [-0.39, 0.29) is 40.2 Å². The zero-order chi connectivity index (χ0) is 23.3. The van der Waals surface area contributed by atoms with Crippen molar-refractivity contribution in [2.45, 2.75) is 11.3 Å². The van der Waals surface area contributed by atoms with Crippen LogP contribution in [0, 0.1) is 0 Å². The molecule has 2 aromatic carbocycles. The molecule has 0 saturated heterocycles. The Hall–Kier alpha value is -3.42. The minimum Gasteiger partial charge on any atom is -0.465 e. The minimum absolute atomic E-state index is 0.0299. The Morgan fingerprint density at radius 2 is 1.66 bits per heavy atom. The molecule has 3 rings (SSSR count). The lowest BCUT2D eigenvalue weighted by Crippen LogP contribution is -2.28. The Labute approximate surface area is 187 Å². The molecule has 32 heavy (non-hydrogen) atoms. The van der Waals surface area contributed by atoms with Crippen LogP contribution in [0.4, 0.5) is 5.69 Å². The number of anilines is 1. The maximum atomic E-state index is 12.6. The number of carbonyl (C=O) groups excluding carboxylic acids is 3. The second-order valence-electron chi connectivity index (χ2n) is 6.37. The number of methoxy groups -OCH3 is 2. The number of rotatable bonds is 8. The van der Waals surface area contributed by atoms with E-state index in [2.05, 4.69) is 28.3 Å². The zero-order valence-electron chi connectivity index (χ0n) is 16.9. The molecule has 0 bridgehead atoms. The molecule has 0 aliphatic carbocycles. The number of hydrogen-bond acceptors (Lipinski definition) is 10. The van der Waals surface area contributed by atoms with Crippen molar-refractivity contribution in [3.63, 3.8) is 0 Å².